The molecule has 1 amide bonds. The fourth-order valence-electron chi connectivity index (χ4n) is 2.12. The number of likely N-dealkylation sites (N-methyl/N-ethyl adjacent to an activating group) is 1. The van der Waals surface area contributed by atoms with Gasteiger partial charge in [0.05, 0.1) is 7.11 Å². The second-order valence-electron chi connectivity index (χ2n) is 5.14. The molecule has 1 saturated heterocycles. The summed E-state index contributed by atoms with van der Waals surface area (Å²) < 4.78 is 4.74. The Morgan fingerprint density at radius 2 is 2.19 bits per heavy atom. The molecule has 1 atom stereocenters. The predicted molar refractivity (Wildman–Crippen MR) is 64.5 cm³/mol. The molecule has 4 nitrogen and oxygen atoms in total. The Morgan fingerprint density at radius 3 is 2.69 bits per heavy atom. The molecule has 1 heterocycles. The van der Waals surface area contributed by atoms with E-state index in [4.69, 9.17) is 4.74 Å². The van der Waals surface area contributed by atoms with Gasteiger partial charge in [0, 0.05) is 31.7 Å². The van der Waals surface area contributed by atoms with E-state index in [-0.39, 0.29) is 11.6 Å². The molecule has 94 valence electrons. The molecule has 16 heavy (non-hydrogen) atoms. The van der Waals surface area contributed by atoms with Crippen LogP contribution in [0.5, 0.6) is 0 Å². The zero-order chi connectivity index (χ0) is 12.3. The van der Waals surface area contributed by atoms with Gasteiger partial charge in [0.25, 0.3) is 0 Å². The third-order valence-electron chi connectivity index (χ3n) is 3.89. The van der Waals surface area contributed by atoms with E-state index in [0.717, 1.165) is 25.9 Å². The molecule has 1 fully saturated rings. The fraction of sp³-hybridized carbons (Fsp3) is 0.917. The fourth-order valence-corrected chi connectivity index (χ4v) is 2.12. The van der Waals surface area contributed by atoms with Gasteiger partial charge in [-0.2, -0.15) is 0 Å². The smallest absolute Gasteiger partial charge is 0.409 e. The van der Waals surface area contributed by atoms with Crippen LogP contribution in [-0.4, -0.2) is 54.7 Å². The molecule has 0 saturated carbocycles. The second kappa shape index (κ2) is 5.04. The topological polar surface area (TPSA) is 32.8 Å². The van der Waals surface area contributed by atoms with Crippen molar-refractivity contribution in [1.29, 1.82) is 0 Å². The van der Waals surface area contributed by atoms with Gasteiger partial charge in [-0.3, -0.25) is 4.90 Å². The maximum Gasteiger partial charge on any atom is 0.409 e. The van der Waals surface area contributed by atoms with Crippen molar-refractivity contribution in [2.75, 3.05) is 27.2 Å². The van der Waals surface area contributed by atoms with Crippen molar-refractivity contribution in [3.8, 4) is 0 Å². The Balaban J connectivity index is 2.56. The lowest BCUT2D eigenvalue weighted by molar-refractivity contribution is 0.106. The summed E-state index contributed by atoms with van der Waals surface area (Å²) in [6, 6.07) is 0.290. The monoisotopic (exact) mass is 228 g/mol. The van der Waals surface area contributed by atoms with Crippen LogP contribution in [0.3, 0.4) is 0 Å². The Hall–Kier alpha value is -0.770. The zero-order valence-electron chi connectivity index (χ0n) is 11.1. The molecular weight excluding hydrogens is 204 g/mol. The number of rotatable bonds is 3. The lowest BCUT2D eigenvalue weighted by atomic mass is 10.0. The lowest BCUT2D eigenvalue weighted by Gasteiger charge is -2.35. The molecule has 0 aliphatic carbocycles. The first-order chi connectivity index (χ1) is 7.42. The van der Waals surface area contributed by atoms with E-state index in [1.54, 1.807) is 4.90 Å². The summed E-state index contributed by atoms with van der Waals surface area (Å²) in [5.74, 6) is 0. The molecule has 0 bridgehead atoms. The first-order valence-electron chi connectivity index (χ1n) is 5.98. The summed E-state index contributed by atoms with van der Waals surface area (Å²) in [6.07, 6.45) is 1.93. The quantitative estimate of drug-likeness (QED) is 0.740. The largest absolute Gasteiger partial charge is 0.453 e. The molecular formula is C12H24N2O2. The Bertz CT molecular complexity index is 253. The van der Waals surface area contributed by atoms with Gasteiger partial charge in [0.15, 0.2) is 0 Å². The van der Waals surface area contributed by atoms with Crippen LogP contribution in [0, 0.1) is 0 Å². The molecule has 0 aromatic carbocycles. The molecule has 1 aliphatic heterocycles. The number of carbonyl (C=O) groups excluding carboxylic acids is 1. The number of carbonyl (C=O) groups is 1. The van der Waals surface area contributed by atoms with Crippen LogP contribution in [0.25, 0.3) is 0 Å². The molecule has 0 N–H and O–H groups in total. The van der Waals surface area contributed by atoms with Gasteiger partial charge in [0.2, 0.25) is 0 Å². The highest BCUT2D eigenvalue weighted by atomic mass is 16.5. The summed E-state index contributed by atoms with van der Waals surface area (Å²) in [7, 11) is 3.25. The van der Waals surface area contributed by atoms with Gasteiger partial charge in [-0.25, -0.2) is 4.79 Å². The van der Waals surface area contributed by atoms with Crippen molar-refractivity contribution in [3.63, 3.8) is 0 Å². The number of nitrogens with zero attached hydrogens (tertiary/aromatic N) is 2. The first kappa shape index (κ1) is 13.3. The van der Waals surface area contributed by atoms with Crippen LogP contribution in [0.15, 0.2) is 0 Å². The van der Waals surface area contributed by atoms with Crippen molar-refractivity contribution < 1.29 is 9.53 Å². The maximum atomic E-state index is 11.4. The van der Waals surface area contributed by atoms with Crippen LogP contribution in [0.4, 0.5) is 4.79 Å². The highest BCUT2D eigenvalue weighted by Gasteiger charge is 2.35. The van der Waals surface area contributed by atoms with Crippen molar-refractivity contribution in [2.45, 2.75) is 45.2 Å². The van der Waals surface area contributed by atoms with Gasteiger partial charge in [-0.05, 0) is 26.7 Å². The van der Waals surface area contributed by atoms with Crippen molar-refractivity contribution in [1.82, 2.24) is 9.80 Å². The standard InChI is InChI=1S/C12H24N2O2/c1-6-12(2,3)14-8-7-10(9-14)13(4)11(15)16-5/h10H,6-9H2,1-5H3/t10-/m1/s1. The summed E-state index contributed by atoms with van der Waals surface area (Å²) >= 11 is 0. The highest BCUT2D eigenvalue weighted by molar-refractivity contribution is 5.67. The van der Waals surface area contributed by atoms with Gasteiger partial charge in [-0.15, -0.1) is 0 Å². The molecule has 1 aliphatic rings. The van der Waals surface area contributed by atoms with Gasteiger partial charge in [0.1, 0.15) is 0 Å². The second-order valence-corrected chi connectivity index (χ2v) is 5.14. The Kier molecular flexibility index (Phi) is 4.19. The summed E-state index contributed by atoms with van der Waals surface area (Å²) in [5.41, 5.74) is 0.228. The number of ether oxygens (including phenoxy) is 1. The lowest BCUT2D eigenvalue weighted by Crippen LogP contribution is -2.45. The van der Waals surface area contributed by atoms with Crippen LogP contribution in [0.2, 0.25) is 0 Å². The molecule has 0 spiro atoms. The van der Waals surface area contributed by atoms with Crippen LogP contribution in [-0.2, 0) is 4.74 Å². The van der Waals surface area contributed by atoms with E-state index in [1.165, 1.54) is 7.11 Å². The maximum absolute atomic E-state index is 11.4. The summed E-state index contributed by atoms with van der Waals surface area (Å²) in [4.78, 5) is 15.6. The van der Waals surface area contributed by atoms with E-state index in [9.17, 15) is 4.79 Å². The third-order valence-corrected chi connectivity index (χ3v) is 3.89. The van der Waals surface area contributed by atoms with E-state index < -0.39 is 0 Å². The zero-order valence-corrected chi connectivity index (χ0v) is 11.1. The molecule has 1 rings (SSSR count). The summed E-state index contributed by atoms with van der Waals surface area (Å²) in [5, 5.41) is 0. The minimum absolute atomic E-state index is 0.228. The van der Waals surface area contributed by atoms with Gasteiger partial charge < -0.3 is 9.64 Å². The highest BCUT2D eigenvalue weighted by Crippen LogP contribution is 2.25. The van der Waals surface area contributed by atoms with Crippen LogP contribution >= 0.6 is 0 Å². The minimum Gasteiger partial charge on any atom is -0.453 e. The summed E-state index contributed by atoms with van der Waals surface area (Å²) in [6.45, 7) is 8.73. The van der Waals surface area contributed by atoms with E-state index in [1.807, 2.05) is 7.05 Å². The Labute approximate surface area is 98.5 Å². The van der Waals surface area contributed by atoms with Crippen molar-refractivity contribution >= 4 is 6.09 Å². The molecule has 0 aromatic heterocycles. The normalized spacial score (nSPS) is 22.2. The average Bonchev–Trinajstić information content (AvgIpc) is 2.76. The van der Waals surface area contributed by atoms with Crippen LogP contribution < -0.4 is 0 Å². The average molecular weight is 228 g/mol. The molecule has 0 radical (unpaired) electrons. The van der Waals surface area contributed by atoms with E-state index >= 15 is 0 Å². The molecule has 4 heteroatoms. The molecule has 0 unspecified atom stereocenters. The third kappa shape index (κ3) is 2.67. The van der Waals surface area contributed by atoms with Crippen molar-refractivity contribution in [3.05, 3.63) is 0 Å². The molecule has 0 aromatic rings. The van der Waals surface area contributed by atoms with E-state index in [0.29, 0.717) is 6.04 Å². The van der Waals surface area contributed by atoms with Gasteiger partial charge in [-0.1, -0.05) is 6.92 Å². The first-order valence-corrected chi connectivity index (χ1v) is 5.98. The minimum atomic E-state index is -0.235. The van der Waals surface area contributed by atoms with E-state index in [2.05, 4.69) is 25.7 Å². The SMILES string of the molecule is CCC(C)(C)N1CC[C@@H](N(C)C(=O)OC)C1. The van der Waals surface area contributed by atoms with Crippen molar-refractivity contribution in [2.24, 2.45) is 0 Å². The number of amides is 1. The van der Waals surface area contributed by atoms with Crippen LogP contribution in [0.1, 0.15) is 33.6 Å². The number of hydrogen-bond donors (Lipinski definition) is 0. The number of likely N-dealkylation sites (tertiary alicyclic amines) is 1. The van der Waals surface area contributed by atoms with Gasteiger partial charge >= 0.3 is 6.09 Å². The number of hydrogen-bond acceptors (Lipinski definition) is 3. The number of methoxy groups -OCH3 is 1. The predicted octanol–water partition coefficient (Wildman–Crippen LogP) is 1.95. The Morgan fingerprint density at radius 1 is 1.56 bits per heavy atom.